The lowest BCUT2D eigenvalue weighted by Crippen LogP contribution is -1.94. The molecule has 0 saturated carbocycles. The maximum atomic E-state index is 5.37. The van der Waals surface area contributed by atoms with Crippen molar-refractivity contribution in [2.75, 3.05) is 6.54 Å². The lowest BCUT2D eigenvalue weighted by Gasteiger charge is -1.97. The first-order valence-corrected chi connectivity index (χ1v) is 3.62. The van der Waals surface area contributed by atoms with Crippen molar-refractivity contribution in [1.29, 1.82) is 0 Å². The van der Waals surface area contributed by atoms with Crippen molar-refractivity contribution in [3.05, 3.63) is 36.2 Å². The second-order valence-corrected chi connectivity index (χ2v) is 2.36. The van der Waals surface area contributed by atoms with Gasteiger partial charge in [-0.1, -0.05) is 12.1 Å². The van der Waals surface area contributed by atoms with Gasteiger partial charge in [-0.2, -0.15) is 0 Å². The van der Waals surface area contributed by atoms with E-state index >= 15 is 0 Å². The molecule has 1 aromatic heterocycles. The number of hydrogen-bond donors (Lipinski definition) is 1. The third-order valence-electron chi connectivity index (χ3n) is 1.54. The monoisotopic (exact) mass is 148 g/mol. The highest BCUT2D eigenvalue weighted by molar-refractivity contribution is 5.62. The van der Waals surface area contributed by atoms with E-state index < -0.39 is 0 Å². The fourth-order valence-electron chi connectivity index (χ4n) is 0.891. The van der Waals surface area contributed by atoms with Crippen LogP contribution in [-0.4, -0.2) is 11.5 Å². The molecule has 0 atom stereocenters. The lowest BCUT2D eigenvalue weighted by atomic mass is 10.1. The zero-order chi connectivity index (χ0) is 8.10. The van der Waals surface area contributed by atoms with E-state index in [0.717, 1.165) is 5.56 Å². The van der Waals surface area contributed by atoms with Crippen molar-refractivity contribution in [1.82, 2.24) is 4.98 Å². The maximum Gasteiger partial charge on any atom is 0.0342 e. The first-order valence-electron chi connectivity index (χ1n) is 3.62. The van der Waals surface area contributed by atoms with Crippen molar-refractivity contribution in [2.24, 2.45) is 5.73 Å². The molecule has 11 heavy (non-hydrogen) atoms. The molecule has 0 aliphatic carbocycles. The van der Waals surface area contributed by atoms with Gasteiger partial charge in [-0.15, -0.1) is 0 Å². The first-order chi connectivity index (χ1) is 5.34. The van der Waals surface area contributed by atoms with Crippen LogP contribution in [0.3, 0.4) is 0 Å². The topological polar surface area (TPSA) is 38.9 Å². The molecule has 2 nitrogen and oxygen atoms in total. The fourth-order valence-corrected chi connectivity index (χ4v) is 0.891. The Bertz CT molecular complexity index is 239. The van der Waals surface area contributed by atoms with Crippen LogP contribution in [0.5, 0.6) is 0 Å². The quantitative estimate of drug-likeness (QED) is 0.689. The summed E-state index contributed by atoms with van der Waals surface area (Å²) in [6, 6.07) is 3.94. The highest BCUT2D eigenvalue weighted by Crippen LogP contribution is 2.09. The molecule has 1 rings (SSSR count). The molecule has 0 amide bonds. The van der Waals surface area contributed by atoms with Crippen LogP contribution in [-0.2, 0) is 0 Å². The summed E-state index contributed by atoms with van der Waals surface area (Å²) in [6.45, 7) is 2.62. The van der Waals surface area contributed by atoms with Gasteiger partial charge in [0.25, 0.3) is 0 Å². The van der Waals surface area contributed by atoms with Gasteiger partial charge in [0.1, 0.15) is 0 Å². The molecule has 0 aliphatic rings. The Morgan fingerprint density at radius 1 is 1.73 bits per heavy atom. The molecule has 0 aromatic carbocycles. The van der Waals surface area contributed by atoms with Gasteiger partial charge in [0, 0.05) is 18.9 Å². The van der Waals surface area contributed by atoms with E-state index in [-0.39, 0.29) is 0 Å². The molecular weight excluding hydrogens is 136 g/mol. The summed E-state index contributed by atoms with van der Waals surface area (Å²) in [7, 11) is 0. The van der Waals surface area contributed by atoms with Gasteiger partial charge >= 0.3 is 0 Å². The molecule has 2 heteroatoms. The number of allylic oxidation sites excluding steroid dienone is 1. The Kier molecular flexibility index (Phi) is 2.81. The van der Waals surface area contributed by atoms with E-state index in [2.05, 4.69) is 4.98 Å². The van der Waals surface area contributed by atoms with Gasteiger partial charge < -0.3 is 5.73 Å². The summed E-state index contributed by atoms with van der Waals surface area (Å²) in [5.74, 6) is 0. The molecule has 0 fully saturated rings. The molecule has 0 radical (unpaired) electrons. The second kappa shape index (κ2) is 3.88. The predicted octanol–water partition coefficient (Wildman–Crippen LogP) is 1.44. The van der Waals surface area contributed by atoms with E-state index in [1.165, 1.54) is 5.57 Å². The summed E-state index contributed by atoms with van der Waals surface area (Å²) >= 11 is 0. The number of hydrogen-bond acceptors (Lipinski definition) is 2. The Labute approximate surface area is 66.8 Å². The highest BCUT2D eigenvalue weighted by atomic mass is 14.6. The normalized spacial score (nSPS) is 11.6. The average Bonchev–Trinajstić information content (AvgIpc) is 2.07. The minimum Gasteiger partial charge on any atom is -0.327 e. The van der Waals surface area contributed by atoms with E-state index in [1.807, 2.05) is 31.3 Å². The van der Waals surface area contributed by atoms with Crippen LogP contribution in [0.2, 0.25) is 0 Å². The second-order valence-electron chi connectivity index (χ2n) is 2.36. The minimum absolute atomic E-state index is 0.584. The van der Waals surface area contributed by atoms with Crippen LogP contribution >= 0.6 is 0 Å². The molecule has 0 aliphatic heterocycles. The van der Waals surface area contributed by atoms with Gasteiger partial charge in [-0.25, -0.2) is 0 Å². The lowest BCUT2D eigenvalue weighted by molar-refractivity contribution is 1.24. The number of nitrogens with zero attached hydrogens (tertiary/aromatic N) is 1. The van der Waals surface area contributed by atoms with Crippen molar-refractivity contribution in [3.8, 4) is 0 Å². The van der Waals surface area contributed by atoms with Crippen LogP contribution in [0.4, 0.5) is 0 Å². The van der Waals surface area contributed by atoms with E-state index in [4.69, 9.17) is 5.73 Å². The number of pyridine rings is 1. The zero-order valence-corrected chi connectivity index (χ0v) is 6.62. The first kappa shape index (κ1) is 7.95. The van der Waals surface area contributed by atoms with Crippen LogP contribution in [0.25, 0.3) is 5.57 Å². The Morgan fingerprint density at radius 2 is 2.55 bits per heavy atom. The molecule has 0 unspecified atom stereocenters. The molecule has 58 valence electrons. The third-order valence-corrected chi connectivity index (χ3v) is 1.54. The Balaban J connectivity index is 2.85. The van der Waals surface area contributed by atoms with Gasteiger partial charge in [0.05, 0.1) is 0 Å². The van der Waals surface area contributed by atoms with Gasteiger partial charge in [-0.3, -0.25) is 4.98 Å². The van der Waals surface area contributed by atoms with E-state index in [1.54, 1.807) is 6.20 Å². The summed E-state index contributed by atoms with van der Waals surface area (Å²) in [5, 5.41) is 0. The van der Waals surface area contributed by atoms with Crippen molar-refractivity contribution in [3.63, 3.8) is 0 Å². The highest BCUT2D eigenvalue weighted by Gasteiger charge is 1.91. The SMILES string of the molecule is CC(=CCN)c1cccnc1. The molecule has 2 N–H and O–H groups in total. The molecule has 0 spiro atoms. The Morgan fingerprint density at radius 3 is 3.09 bits per heavy atom. The zero-order valence-electron chi connectivity index (χ0n) is 6.62. The molecule has 1 aromatic rings. The molecular formula is C9H12N2. The predicted molar refractivity (Wildman–Crippen MR) is 46.9 cm³/mol. The van der Waals surface area contributed by atoms with E-state index in [0.29, 0.717) is 6.54 Å². The van der Waals surface area contributed by atoms with Crippen LogP contribution in [0.15, 0.2) is 30.6 Å². The molecule has 0 saturated heterocycles. The number of aromatic nitrogens is 1. The van der Waals surface area contributed by atoms with Crippen molar-refractivity contribution >= 4 is 5.57 Å². The van der Waals surface area contributed by atoms with Gasteiger partial charge in [0.2, 0.25) is 0 Å². The number of nitrogens with two attached hydrogens (primary N) is 1. The van der Waals surface area contributed by atoms with Gasteiger partial charge in [0.15, 0.2) is 0 Å². The van der Waals surface area contributed by atoms with Gasteiger partial charge in [-0.05, 0) is 24.1 Å². The number of rotatable bonds is 2. The third kappa shape index (κ3) is 2.16. The van der Waals surface area contributed by atoms with E-state index in [9.17, 15) is 0 Å². The Hall–Kier alpha value is -1.15. The summed E-state index contributed by atoms with van der Waals surface area (Å²) < 4.78 is 0. The van der Waals surface area contributed by atoms with Crippen LogP contribution in [0, 0.1) is 0 Å². The largest absolute Gasteiger partial charge is 0.327 e. The van der Waals surface area contributed by atoms with Crippen molar-refractivity contribution < 1.29 is 0 Å². The molecule has 1 heterocycles. The summed E-state index contributed by atoms with van der Waals surface area (Å²) in [4.78, 5) is 4.01. The van der Waals surface area contributed by atoms with Crippen LogP contribution < -0.4 is 5.73 Å². The summed E-state index contributed by atoms with van der Waals surface area (Å²) in [6.07, 6.45) is 5.58. The smallest absolute Gasteiger partial charge is 0.0342 e. The van der Waals surface area contributed by atoms with Crippen LogP contribution in [0.1, 0.15) is 12.5 Å². The summed E-state index contributed by atoms with van der Waals surface area (Å²) in [5.41, 5.74) is 7.69. The fraction of sp³-hybridized carbons (Fsp3) is 0.222. The average molecular weight is 148 g/mol. The van der Waals surface area contributed by atoms with Crippen molar-refractivity contribution in [2.45, 2.75) is 6.92 Å². The maximum absolute atomic E-state index is 5.37. The standard InChI is InChI=1S/C9H12N2/c1-8(4-5-10)9-3-2-6-11-7-9/h2-4,6-7H,5,10H2,1H3. The minimum atomic E-state index is 0.584. The molecule has 0 bridgehead atoms.